The molecule has 0 bridgehead atoms. The molecular formula is C13H16N4O2S2. The van der Waals surface area contributed by atoms with E-state index in [0.29, 0.717) is 10.8 Å². The second-order valence-electron chi connectivity index (χ2n) is 4.30. The van der Waals surface area contributed by atoms with E-state index in [4.69, 9.17) is 0 Å². The van der Waals surface area contributed by atoms with Gasteiger partial charge in [-0.05, 0) is 13.8 Å². The highest BCUT2D eigenvalue weighted by Gasteiger charge is 2.11. The number of thioether (sulfide) groups is 1. The molecule has 0 spiro atoms. The van der Waals surface area contributed by atoms with Gasteiger partial charge >= 0.3 is 5.97 Å². The molecule has 6 nitrogen and oxygen atoms in total. The van der Waals surface area contributed by atoms with Gasteiger partial charge in [0, 0.05) is 11.1 Å². The van der Waals surface area contributed by atoms with Crippen LogP contribution in [-0.4, -0.2) is 33.8 Å². The van der Waals surface area contributed by atoms with Crippen molar-refractivity contribution in [3.8, 4) is 0 Å². The van der Waals surface area contributed by atoms with Crippen LogP contribution in [0.1, 0.15) is 23.7 Å². The molecule has 2 heterocycles. The lowest BCUT2D eigenvalue weighted by Crippen LogP contribution is -2.09. The summed E-state index contributed by atoms with van der Waals surface area (Å²) in [7, 11) is 1.37. The summed E-state index contributed by atoms with van der Waals surface area (Å²) in [5.74, 6) is 0.590. The van der Waals surface area contributed by atoms with Crippen LogP contribution in [-0.2, 0) is 9.53 Å². The van der Waals surface area contributed by atoms with Crippen molar-refractivity contribution in [2.75, 3.05) is 18.2 Å². The van der Waals surface area contributed by atoms with Gasteiger partial charge in [-0.15, -0.1) is 11.3 Å². The quantitative estimate of drug-likeness (QED) is 0.646. The van der Waals surface area contributed by atoms with E-state index < -0.39 is 0 Å². The number of hydrogen-bond donors (Lipinski definition) is 1. The minimum Gasteiger partial charge on any atom is -0.468 e. The fourth-order valence-electron chi connectivity index (χ4n) is 1.53. The monoisotopic (exact) mass is 324 g/mol. The van der Waals surface area contributed by atoms with Gasteiger partial charge in [0.2, 0.25) is 0 Å². The summed E-state index contributed by atoms with van der Waals surface area (Å²) in [5, 5.41) is 6.95. The van der Waals surface area contributed by atoms with E-state index >= 15 is 0 Å². The van der Waals surface area contributed by atoms with Crippen LogP contribution in [0.25, 0.3) is 0 Å². The van der Waals surface area contributed by atoms with Gasteiger partial charge in [-0.3, -0.25) is 9.78 Å². The summed E-state index contributed by atoms with van der Waals surface area (Å²) >= 11 is 2.90. The van der Waals surface area contributed by atoms with Gasteiger partial charge < -0.3 is 10.1 Å². The Kier molecular flexibility index (Phi) is 5.51. The topological polar surface area (TPSA) is 77.0 Å². The number of aryl methyl sites for hydroxylation is 1. The first-order chi connectivity index (χ1) is 10.1. The van der Waals surface area contributed by atoms with Gasteiger partial charge in [0.15, 0.2) is 0 Å². The normalized spacial score (nSPS) is 12.0. The Morgan fingerprint density at radius 3 is 2.95 bits per heavy atom. The number of nitrogens with zero attached hydrogens (tertiary/aromatic N) is 3. The van der Waals surface area contributed by atoms with Crippen LogP contribution in [0, 0.1) is 6.92 Å². The van der Waals surface area contributed by atoms with E-state index in [0.717, 1.165) is 10.7 Å². The molecule has 2 rings (SSSR count). The maximum absolute atomic E-state index is 11.1. The van der Waals surface area contributed by atoms with E-state index in [-0.39, 0.29) is 17.8 Å². The Bertz CT molecular complexity index is 618. The molecule has 0 aliphatic rings. The first kappa shape index (κ1) is 15.7. The predicted molar refractivity (Wildman–Crippen MR) is 83.7 cm³/mol. The molecule has 8 heteroatoms. The standard InChI is InChI=1S/C13H16N4O2S2/c1-8-6-21-13(15-8)9(2)16-10-4-14-5-11(17-10)20-7-12(18)19-3/h4-6,9H,7H2,1-3H3,(H,16,17). The van der Waals surface area contributed by atoms with E-state index in [1.807, 2.05) is 19.2 Å². The van der Waals surface area contributed by atoms with Gasteiger partial charge in [-0.25, -0.2) is 9.97 Å². The summed E-state index contributed by atoms with van der Waals surface area (Å²) in [5.41, 5.74) is 1.01. The smallest absolute Gasteiger partial charge is 0.316 e. The number of carbonyl (C=O) groups is 1. The van der Waals surface area contributed by atoms with Gasteiger partial charge in [0.1, 0.15) is 15.9 Å². The molecule has 1 N–H and O–H groups in total. The largest absolute Gasteiger partial charge is 0.468 e. The summed E-state index contributed by atoms with van der Waals surface area (Å²) in [6.45, 7) is 3.99. The molecule has 0 saturated carbocycles. The van der Waals surface area contributed by atoms with Crippen LogP contribution >= 0.6 is 23.1 Å². The molecule has 0 amide bonds. The van der Waals surface area contributed by atoms with Crippen molar-refractivity contribution >= 4 is 34.9 Å². The minimum absolute atomic E-state index is 0.0545. The van der Waals surface area contributed by atoms with Crippen molar-refractivity contribution in [2.45, 2.75) is 24.9 Å². The SMILES string of the molecule is COC(=O)CSc1cncc(NC(C)c2nc(C)cs2)n1. The first-order valence-electron chi connectivity index (χ1n) is 6.28. The van der Waals surface area contributed by atoms with E-state index in [2.05, 4.69) is 25.0 Å². The Morgan fingerprint density at radius 1 is 1.48 bits per heavy atom. The van der Waals surface area contributed by atoms with Crippen molar-refractivity contribution in [1.82, 2.24) is 15.0 Å². The molecule has 1 atom stereocenters. The predicted octanol–water partition coefficient (Wildman–Crippen LogP) is 2.68. The van der Waals surface area contributed by atoms with E-state index in [1.165, 1.54) is 18.9 Å². The fourth-order valence-corrected chi connectivity index (χ4v) is 3.02. The van der Waals surface area contributed by atoms with Crippen LogP contribution < -0.4 is 5.32 Å². The molecule has 0 aliphatic heterocycles. The van der Waals surface area contributed by atoms with Gasteiger partial charge in [-0.1, -0.05) is 11.8 Å². The van der Waals surface area contributed by atoms with Crippen LogP contribution in [0.5, 0.6) is 0 Å². The van der Waals surface area contributed by atoms with Crippen molar-refractivity contribution in [3.63, 3.8) is 0 Å². The molecule has 0 aliphatic carbocycles. The van der Waals surface area contributed by atoms with Crippen LogP contribution in [0.2, 0.25) is 0 Å². The number of aromatic nitrogens is 3. The number of rotatable bonds is 6. The van der Waals surface area contributed by atoms with Crippen molar-refractivity contribution in [1.29, 1.82) is 0 Å². The summed E-state index contributed by atoms with van der Waals surface area (Å²) in [6.07, 6.45) is 3.27. The number of methoxy groups -OCH3 is 1. The van der Waals surface area contributed by atoms with E-state index in [9.17, 15) is 4.79 Å². The Morgan fingerprint density at radius 2 is 2.29 bits per heavy atom. The van der Waals surface area contributed by atoms with Crippen molar-refractivity contribution in [3.05, 3.63) is 28.5 Å². The number of thiazole rings is 1. The van der Waals surface area contributed by atoms with Gasteiger partial charge in [0.05, 0.1) is 31.3 Å². The van der Waals surface area contributed by atoms with Crippen molar-refractivity contribution in [2.24, 2.45) is 0 Å². The number of hydrogen-bond acceptors (Lipinski definition) is 8. The molecule has 0 radical (unpaired) electrons. The summed E-state index contributed by atoms with van der Waals surface area (Å²) in [6, 6.07) is 0.0545. The number of carbonyl (C=O) groups excluding carboxylic acids is 1. The molecule has 0 fully saturated rings. The van der Waals surface area contributed by atoms with Gasteiger partial charge in [0.25, 0.3) is 0 Å². The molecule has 0 aromatic carbocycles. The lowest BCUT2D eigenvalue weighted by Gasteiger charge is -2.12. The highest BCUT2D eigenvalue weighted by molar-refractivity contribution is 7.99. The van der Waals surface area contributed by atoms with Gasteiger partial charge in [-0.2, -0.15) is 0 Å². The molecule has 0 saturated heterocycles. The third kappa shape index (κ3) is 4.68. The van der Waals surface area contributed by atoms with Crippen molar-refractivity contribution < 1.29 is 9.53 Å². The highest BCUT2D eigenvalue weighted by Crippen LogP contribution is 2.22. The second-order valence-corrected chi connectivity index (χ2v) is 6.19. The maximum atomic E-state index is 11.1. The summed E-state index contributed by atoms with van der Waals surface area (Å²) in [4.78, 5) is 24.1. The average Bonchev–Trinajstić information content (AvgIpc) is 2.92. The third-order valence-electron chi connectivity index (χ3n) is 2.55. The zero-order valence-electron chi connectivity index (χ0n) is 12.0. The highest BCUT2D eigenvalue weighted by atomic mass is 32.2. The Labute approximate surface area is 131 Å². The minimum atomic E-state index is -0.285. The Balaban J connectivity index is 1.98. The molecular weight excluding hydrogens is 308 g/mol. The summed E-state index contributed by atoms with van der Waals surface area (Å²) < 4.78 is 4.60. The van der Waals surface area contributed by atoms with Crippen LogP contribution in [0.3, 0.4) is 0 Å². The first-order valence-corrected chi connectivity index (χ1v) is 8.15. The zero-order chi connectivity index (χ0) is 15.2. The second kappa shape index (κ2) is 7.37. The Hall–Kier alpha value is -1.67. The molecule has 112 valence electrons. The van der Waals surface area contributed by atoms with E-state index in [1.54, 1.807) is 23.7 Å². The van der Waals surface area contributed by atoms with Crippen LogP contribution in [0.15, 0.2) is 22.8 Å². The maximum Gasteiger partial charge on any atom is 0.316 e. The zero-order valence-corrected chi connectivity index (χ0v) is 13.6. The third-order valence-corrected chi connectivity index (χ3v) is 4.57. The van der Waals surface area contributed by atoms with Crippen LogP contribution in [0.4, 0.5) is 5.82 Å². The molecule has 2 aromatic heterocycles. The number of anilines is 1. The molecule has 2 aromatic rings. The lowest BCUT2D eigenvalue weighted by molar-refractivity contribution is -0.137. The number of nitrogens with one attached hydrogen (secondary N) is 1. The average molecular weight is 324 g/mol. The number of esters is 1. The number of ether oxygens (including phenoxy) is 1. The molecule has 1 unspecified atom stereocenters. The fraction of sp³-hybridized carbons (Fsp3) is 0.385. The lowest BCUT2D eigenvalue weighted by atomic mass is 10.3. The molecule has 21 heavy (non-hydrogen) atoms.